The van der Waals surface area contributed by atoms with Crippen molar-refractivity contribution in [3.05, 3.63) is 76.4 Å². The van der Waals surface area contributed by atoms with Crippen LogP contribution < -0.4 is 10.2 Å². The molecule has 0 radical (unpaired) electrons. The van der Waals surface area contributed by atoms with E-state index in [9.17, 15) is 4.79 Å². The predicted molar refractivity (Wildman–Crippen MR) is 103 cm³/mol. The van der Waals surface area contributed by atoms with Gasteiger partial charge in [0.25, 0.3) is 5.91 Å². The van der Waals surface area contributed by atoms with E-state index in [1.807, 2.05) is 31.2 Å². The van der Waals surface area contributed by atoms with Crippen molar-refractivity contribution >= 4 is 34.7 Å². The molecule has 2 aromatic carbocycles. The van der Waals surface area contributed by atoms with Gasteiger partial charge in [0.2, 0.25) is 0 Å². The first-order chi connectivity index (χ1) is 12.6. The fraction of sp³-hybridized carbons (Fsp3) is 0.150. The minimum absolute atomic E-state index is 0.264. The Balaban J connectivity index is 1.53. The molecule has 5 nitrogen and oxygen atoms in total. The fourth-order valence-electron chi connectivity index (χ4n) is 3.08. The van der Waals surface area contributed by atoms with E-state index in [2.05, 4.69) is 32.5 Å². The number of para-hydroxylation sites is 1. The first kappa shape index (κ1) is 16.5. The average Bonchev–Trinajstić information content (AvgIpc) is 3.09. The molecule has 3 aromatic rings. The maximum Gasteiger partial charge on any atom is 0.276 e. The van der Waals surface area contributed by atoms with Crippen LogP contribution in [0.25, 0.3) is 0 Å². The highest BCUT2D eigenvalue weighted by molar-refractivity contribution is 6.31. The summed E-state index contributed by atoms with van der Waals surface area (Å²) in [5.74, 6) is 0.432. The molecule has 130 valence electrons. The van der Waals surface area contributed by atoms with Crippen LogP contribution in [0.15, 0.2) is 54.6 Å². The summed E-state index contributed by atoms with van der Waals surface area (Å²) in [6, 6.07) is 17.1. The van der Waals surface area contributed by atoms with Crippen LogP contribution in [-0.4, -0.2) is 22.6 Å². The van der Waals surface area contributed by atoms with Crippen molar-refractivity contribution in [3.63, 3.8) is 0 Å². The second-order valence-electron chi connectivity index (χ2n) is 6.22. The molecule has 0 spiro atoms. The molecule has 0 fully saturated rings. The van der Waals surface area contributed by atoms with Gasteiger partial charge in [-0.05, 0) is 54.8 Å². The topological polar surface area (TPSA) is 58.1 Å². The van der Waals surface area contributed by atoms with E-state index in [1.54, 1.807) is 18.2 Å². The summed E-state index contributed by atoms with van der Waals surface area (Å²) in [4.78, 5) is 14.6. The van der Waals surface area contributed by atoms with Crippen molar-refractivity contribution in [2.45, 2.75) is 13.3 Å². The smallest absolute Gasteiger partial charge is 0.276 e. The van der Waals surface area contributed by atoms with Crippen LogP contribution in [-0.2, 0) is 6.42 Å². The minimum Gasteiger partial charge on any atom is -0.324 e. The number of carbonyl (C=O) groups excluding carboxylic acids is 1. The third-order valence-corrected chi connectivity index (χ3v) is 4.73. The molecule has 0 bridgehead atoms. The third kappa shape index (κ3) is 3.13. The lowest BCUT2D eigenvalue weighted by atomic mass is 10.2. The molecule has 26 heavy (non-hydrogen) atoms. The van der Waals surface area contributed by atoms with Crippen molar-refractivity contribution in [1.82, 2.24) is 10.2 Å². The first-order valence-electron chi connectivity index (χ1n) is 8.38. The normalized spacial score (nSPS) is 12.8. The molecular formula is C20H17ClN4O. The molecule has 1 N–H and O–H groups in total. The summed E-state index contributed by atoms with van der Waals surface area (Å²) in [6.45, 7) is 2.77. The number of hydrogen-bond acceptors (Lipinski definition) is 4. The molecule has 1 amide bonds. The van der Waals surface area contributed by atoms with Crippen LogP contribution in [0.3, 0.4) is 0 Å². The predicted octanol–water partition coefficient (Wildman–Crippen LogP) is 4.38. The zero-order chi connectivity index (χ0) is 18.1. The molecule has 0 aliphatic carbocycles. The van der Waals surface area contributed by atoms with Gasteiger partial charge in [0.15, 0.2) is 11.5 Å². The van der Waals surface area contributed by atoms with Crippen LogP contribution >= 0.6 is 11.6 Å². The molecule has 0 saturated carbocycles. The standard InChI is InChI=1S/C20H17ClN4O/c1-13-6-7-15(21)12-17(13)22-20(26)16-8-9-19(24-23-16)25-11-10-14-4-2-3-5-18(14)25/h2-9,12H,10-11H2,1H3,(H,22,26). The lowest BCUT2D eigenvalue weighted by Gasteiger charge is -2.17. The number of amides is 1. The monoisotopic (exact) mass is 364 g/mol. The largest absolute Gasteiger partial charge is 0.324 e. The number of aryl methyl sites for hydroxylation is 1. The lowest BCUT2D eigenvalue weighted by molar-refractivity contribution is 0.102. The number of carbonyl (C=O) groups is 1. The first-order valence-corrected chi connectivity index (χ1v) is 8.76. The number of hydrogen-bond donors (Lipinski definition) is 1. The van der Waals surface area contributed by atoms with Gasteiger partial charge in [-0.15, -0.1) is 10.2 Å². The van der Waals surface area contributed by atoms with E-state index in [0.29, 0.717) is 10.7 Å². The van der Waals surface area contributed by atoms with E-state index >= 15 is 0 Å². The number of benzene rings is 2. The zero-order valence-electron chi connectivity index (χ0n) is 14.2. The van der Waals surface area contributed by atoms with E-state index in [1.165, 1.54) is 5.56 Å². The molecule has 1 aliphatic rings. The molecule has 2 heterocycles. The van der Waals surface area contributed by atoms with Crippen LogP contribution in [0, 0.1) is 6.92 Å². The van der Waals surface area contributed by atoms with Gasteiger partial charge in [-0.2, -0.15) is 0 Å². The molecule has 0 saturated heterocycles. The Morgan fingerprint density at radius 2 is 1.96 bits per heavy atom. The van der Waals surface area contributed by atoms with Crippen molar-refractivity contribution in [1.29, 1.82) is 0 Å². The molecule has 0 atom stereocenters. The number of nitrogens with one attached hydrogen (secondary N) is 1. The SMILES string of the molecule is Cc1ccc(Cl)cc1NC(=O)c1ccc(N2CCc3ccccc32)nn1. The van der Waals surface area contributed by atoms with E-state index in [0.717, 1.165) is 30.0 Å². The fourth-order valence-corrected chi connectivity index (χ4v) is 3.25. The van der Waals surface area contributed by atoms with E-state index in [4.69, 9.17) is 11.6 Å². The lowest BCUT2D eigenvalue weighted by Crippen LogP contribution is -2.18. The van der Waals surface area contributed by atoms with Gasteiger partial charge in [0, 0.05) is 22.9 Å². The highest BCUT2D eigenvalue weighted by atomic mass is 35.5. The van der Waals surface area contributed by atoms with E-state index in [-0.39, 0.29) is 11.6 Å². The van der Waals surface area contributed by atoms with Crippen LogP contribution in [0.2, 0.25) is 5.02 Å². The summed E-state index contributed by atoms with van der Waals surface area (Å²) in [7, 11) is 0. The quantitative estimate of drug-likeness (QED) is 0.749. The highest BCUT2D eigenvalue weighted by Crippen LogP contribution is 2.32. The van der Waals surface area contributed by atoms with E-state index < -0.39 is 0 Å². The van der Waals surface area contributed by atoms with Crippen molar-refractivity contribution in [2.24, 2.45) is 0 Å². The van der Waals surface area contributed by atoms with Crippen LogP contribution in [0.4, 0.5) is 17.2 Å². The summed E-state index contributed by atoms with van der Waals surface area (Å²) in [6.07, 6.45) is 0.980. The number of aromatic nitrogens is 2. The van der Waals surface area contributed by atoms with Gasteiger partial charge in [-0.25, -0.2) is 0 Å². The maximum absolute atomic E-state index is 12.4. The second-order valence-corrected chi connectivity index (χ2v) is 6.66. The average molecular weight is 365 g/mol. The summed E-state index contributed by atoms with van der Waals surface area (Å²) >= 11 is 6.00. The Morgan fingerprint density at radius 1 is 1.12 bits per heavy atom. The maximum atomic E-state index is 12.4. The van der Waals surface area contributed by atoms with Crippen LogP contribution in [0.1, 0.15) is 21.6 Å². The Hall–Kier alpha value is -2.92. The van der Waals surface area contributed by atoms with Crippen molar-refractivity contribution in [3.8, 4) is 0 Å². The van der Waals surface area contributed by atoms with Crippen LogP contribution in [0.5, 0.6) is 0 Å². The number of nitrogens with zero attached hydrogens (tertiary/aromatic N) is 3. The Kier molecular flexibility index (Phi) is 4.31. The molecule has 0 unspecified atom stereocenters. The minimum atomic E-state index is -0.309. The van der Waals surface area contributed by atoms with Gasteiger partial charge in [0.05, 0.1) is 0 Å². The number of anilines is 3. The van der Waals surface area contributed by atoms with Crippen molar-refractivity contribution < 1.29 is 4.79 Å². The summed E-state index contributed by atoms with van der Waals surface area (Å²) < 4.78 is 0. The Morgan fingerprint density at radius 3 is 2.77 bits per heavy atom. The van der Waals surface area contributed by atoms with Crippen molar-refractivity contribution in [2.75, 3.05) is 16.8 Å². The number of rotatable bonds is 3. The van der Waals surface area contributed by atoms with Gasteiger partial charge >= 0.3 is 0 Å². The third-order valence-electron chi connectivity index (χ3n) is 4.49. The molecule has 1 aromatic heterocycles. The molecule has 4 rings (SSSR count). The Bertz CT molecular complexity index is 972. The Labute approximate surface area is 156 Å². The van der Waals surface area contributed by atoms with Gasteiger partial charge in [-0.3, -0.25) is 4.79 Å². The molecule has 1 aliphatic heterocycles. The highest BCUT2D eigenvalue weighted by Gasteiger charge is 2.21. The summed E-state index contributed by atoms with van der Waals surface area (Å²) in [5.41, 5.74) is 4.31. The molecule has 6 heteroatoms. The van der Waals surface area contributed by atoms with Gasteiger partial charge < -0.3 is 10.2 Å². The second kappa shape index (κ2) is 6.77. The molecular weight excluding hydrogens is 348 g/mol. The number of fused-ring (bicyclic) bond motifs is 1. The summed E-state index contributed by atoms with van der Waals surface area (Å²) in [5, 5.41) is 11.8. The van der Waals surface area contributed by atoms with Gasteiger partial charge in [-0.1, -0.05) is 35.9 Å². The van der Waals surface area contributed by atoms with Gasteiger partial charge in [0.1, 0.15) is 0 Å². The number of halogens is 1. The zero-order valence-corrected chi connectivity index (χ0v) is 15.0.